The van der Waals surface area contributed by atoms with E-state index in [1.165, 1.54) is 24.3 Å². The van der Waals surface area contributed by atoms with E-state index in [2.05, 4.69) is 27.5 Å². The molecule has 0 spiro atoms. The van der Waals surface area contributed by atoms with Crippen LogP contribution in [0.3, 0.4) is 0 Å². The van der Waals surface area contributed by atoms with Crippen molar-refractivity contribution >= 4 is 11.6 Å². The first kappa shape index (κ1) is 13.2. The van der Waals surface area contributed by atoms with Crippen LogP contribution in [0.1, 0.15) is 28.9 Å². The van der Waals surface area contributed by atoms with Crippen LogP contribution in [0.4, 0.5) is 5.69 Å². The fraction of sp³-hybridized carbons (Fsp3) is 0.214. The predicted molar refractivity (Wildman–Crippen MR) is 73.9 cm³/mol. The Morgan fingerprint density at radius 1 is 1.16 bits per heavy atom. The lowest BCUT2D eigenvalue weighted by Crippen LogP contribution is -2.14. The summed E-state index contributed by atoms with van der Waals surface area (Å²) in [6, 6.07) is 8.01. The minimum absolute atomic E-state index is 0.213. The Balaban J connectivity index is 2.06. The first-order chi connectivity index (χ1) is 9.20. The first-order valence-corrected chi connectivity index (χ1v) is 6.04. The van der Waals surface area contributed by atoms with Gasteiger partial charge < -0.3 is 10.6 Å². The molecule has 1 heterocycles. The monoisotopic (exact) mass is 256 g/mol. The maximum atomic E-state index is 11.9. The van der Waals surface area contributed by atoms with E-state index in [0.717, 1.165) is 5.69 Å². The number of nitrogens with zero attached hydrogens (tertiary/aromatic N) is 2. The molecule has 2 aromatic rings. The second kappa shape index (κ2) is 6.06. The van der Waals surface area contributed by atoms with Gasteiger partial charge in [0.1, 0.15) is 6.33 Å². The molecule has 0 fully saturated rings. The number of rotatable bonds is 4. The summed E-state index contributed by atoms with van der Waals surface area (Å²) in [6.45, 7) is 2.08. The highest BCUT2D eigenvalue weighted by Gasteiger charge is 2.07. The average molecular weight is 256 g/mol. The molecule has 0 saturated carbocycles. The van der Waals surface area contributed by atoms with E-state index in [1.807, 2.05) is 31.3 Å². The quantitative estimate of drug-likeness (QED) is 0.878. The van der Waals surface area contributed by atoms with Gasteiger partial charge >= 0.3 is 0 Å². The van der Waals surface area contributed by atoms with Crippen LogP contribution in [0.2, 0.25) is 0 Å². The van der Waals surface area contributed by atoms with Crippen molar-refractivity contribution in [3.63, 3.8) is 0 Å². The van der Waals surface area contributed by atoms with Crippen molar-refractivity contribution in [2.24, 2.45) is 0 Å². The van der Waals surface area contributed by atoms with Crippen molar-refractivity contribution in [2.75, 3.05) is 12.4 Å². The van der Waals surface area contributed by atoms with Crippen LogP contribution < -0.4 is 10.6 Å². The predicted octanol–water partition coefficient (Wildman–Crippen LogP) is 2.01. The van der Waals surface area contributed by atoms with Crippen LogP contribution in [0.5, 0.6) is 0 Å². The molecule has 2 rings (SSSR count). The van der Waals surface area contributed by atoms with Gasteiger partial charge in [-0.25, -0.2) is 9.97 Å². The zero-order valence-electron chi connectivity index (χ0n) is 10.9. The van der Waals surface area contributed by atoms with Gasteiger partial charge in [-0.05, 0) is 31.7 Å². The number of nitrogens with one attached hydrogen (secondary N) is 2. The molecule has 0 saturated heterocycles. The van der Waals surface area contributed by atoms with E-state index in [1.54, 1.807) is 0 Å². The molecule has 1 aromatic carbocycles. The van der Waals surface area contributed by atoms with Gasteiger partial charge in [0.2, 0.25) is 0 Å². The Kier molecular flexibility index (Phi) is 4.20. The molecule has 0 radical (unpaired) electrons. The van der Waals surface area contributed by atoms with Crippen molar-refractivity contribution in [3.05, 3.63) is 54.1 Å². The van der Waals surface area contributed by atoms with Gasteiger partial charge in [0.05, 0.1) is 5.56 Å². The van der Waals surface area contributed by atoms with Crippen molar-refractivity contribution in [2.45, 2.75) is 13.0 Å². The van der Waals surface area contributed by atoms with Gasteiger partial charge in [-0.1, -0.05) is 12.1 Å². The van der Waals surface area contributed by atoms with Gasteiger partial charge in [0.25, 0.3) is 5.91 Å². The maximum Gasteiger partial charge on any atom is 0.258 e. The molecule has 1 aromatic heterocycles. The lowest BCUT2D eigenvalue weighted by Gasteiger charge is -2.11. The standard InChI is InChI=1S/C14H16N4O/c1-10(15-2)11-3-5-13(6-4-11)18-14(19)12-7-16-9-17-8-12/h3-10,15H,1-2H3,(H,18,19). The van der Waals surface area contributed by atoms with Gasteiger partial charge in [-0.2, -0.15) is 0 Å². The van der Waals surface area contributed by atoms with Crippen molar-refractivity contribution in [1.29, 1.82) is 0 Å². The summed E-state index contributed by atoms with van der Waals surface area (Å²) in [5, 5.41) is 5.97. The van der Waals surface area contributed by atoms with Crippen molar-refractivity contribution in [3.8, 4) is 0 Å². The molecule has 5 heteroatoms. The molecule has 0 aliphatic carbocycles. The maximum absolute atomic E-state index is 11.9. The second-order valence-corrected chi connectivity index (χ2v) is 4.21. The summed E-state index contributed by atoms with van der Waals surface area (Å²) in [4.78, 5) is 19.5. The van der Waals surface area contributed by atoms with Crippen LogP contribution in [-0.4, -0.2) is 22.9 Å². The minimum atomic E-state index is -0.213. The van der Waals surface area contributed by atoms with Crippen LogP contribution in [0, 0.1) is 0 Å². The van der Waals surface area contributed by atoms with Gasteiger partial charge in [0.15, 0.2) is 0 Å². The van der Waals surface area contributed by atoms with Crippen LogP contribution in [-0.2, 0) is 0 Å². The number of hydrogen-bond donors (Lipinski definition) is 2. The molecule has 1 atom stereocenters. The highest BCUT2D eigenvalue weighted by atomic mass is 16.1. The summed E-state index contributed by atoms with van der Waals surface area (Å²) < 4.78 is 0. The fourth-order valence-corrected chi connectivity index (χ4v) is 1.64. The summed E-state index contributed by atoms with van der Waals surface area (Å²) >= 11 is 0. The van der Waals surface area contributed by atoms with E-state index in [9.17, 15) is 4.79 Å². The molecule has 5 nitrogen and oxygen atoms in total. The lowest BCUT2D eigenvalue weighted by molar-refractivity contribution is 0.102. The molecular formula is C14H16N4O. The third-order valence-corrected chi connectivity index (χ3v) is 2.92. The SMILES string of the molecule is CNC(C)c1ccc(NC(=O)c2cncnc2)cc1. The Labute approximate surface area is 112 Å². The third kappa shape index (κ3) is 3.35. The molecule has 2 N–H and O–H groups in total. The Bertz CT molecular complexity index is 539. The molecule has 19 heavy (non-hydrogen) atoms. The second-order valence-electron chi connectivity index (χ2n) is 4.21. The molecule has 1 unspecified atom stereocenters. The summed E-state index contributed by atoms with van der Waals surface area (Å²) in [5.41, 5.74) is 2.36. The van der Waals surface area contributed by atoms with Crippen LogP contribution in [0.25, 0.3) is 0 Å². The molecule has 1 amide bonds. The zero-order chi connectivity index (χ0) is 13.7. The fourth-order valence-electron chi connectivity index (χ4n) is 1.64. The van der Waals surface area contributed by atoms with Gasteiger partial charge in [0, 0.05) is 24.1 Å². The highest BCUT2D eigenvalue weighted by molar-refractivity contribution is 6.03. The third-order valence-electron chi connectivity index (χ3n) is 2.92. The number of amides is 1. The van der Waals surface area contributed by atoms with E-state index < -0.39 is 0 Å². The number of carbonyl (C=O) groups is 1. The summed E-state index contributed by atoms with van der Waals surface area (Å²) in [5.74, 6) is -0.213. The Morgan fingerprint density at radius 3 is 2.37 bits per heavy atom. The molecular weight excluding hydrogens is 240 g/mol. The summed E-state index contributed by atoms with van der Waals surface area (Å²) in [6.07, 6.45) is 4.37. The highest BCUT2D eigenvalue weighted by Crippen LogP contribution is 2.16. The molecule has 0 aliphatic rings. The lowest BCUT2D eigenvalue weighted by atomic mass is 10.1. The normalized spacial score (nSPS) is 11.9. The average Bonchev–Trinajstić information content (AvgIpc) is 2.48. The zero-order valence-corrected chi connectivity index (χ0v) is 10.9. The number of aromatic nitrogens is 2. The molecule has 0 aliphatic heterocycles. The van der Waals surface area contributed by atoms with E-state index in [4.69, 9.17) is 0 Å². The number of carbonyl (C=O) groups excluding carboxylic acids is 1. The van der Waals surface area contributed by atoms with Crippen LogP contribution >= 0.6 is 0 Å². The Hall–Kier alpha value is -2.27. The Morgan fingerprint density at radius 2 is 1.79 bits per heavy atom. The summed E-state index contributed by atoms with van der Waals surface area (Å²) in [7, 11) is 1.91. The van der Waals surface area contributed by atoms with Crippen molar-refractivity contribution < 1.29 is 4.79 Å². The van der Waals surface area contributed by atoms with E-state index in [0.29, 0.717) is 5.56 Å². The van der Waals surface area contributed by atoms with E-state index >= 15 is 0 Å². The van der Waals surface area contributed by atoms with E-state index in [-0.39, 0.29) is 11.9 Å². The van der Waals surface area contributed by atoms with Gasteiger partial charge in [-0.3, -0.25) is 4.79 Å². The van der Waals surface area contributed by atoms with Crippen LogP contribution in [0.15, 0.2) is 43.0 Å². The minimum Gasteiger partial charge on any atom is -0.322 e. The smallest absolute Gasteiger partial charge is 0.258 e. The molecule has 0 bridgehead atoms. The number of hydrogen-bond acceptors (Lipinski definition) is 4. The number of anilines is 1. The first-order valence-electron chi connectivity index (χ1n) is 6.04. The van der Waals surface area contributed by atoms with Gasteiger partial charge in [-0.15, -0.1) is 0 Å². The molecule has 98 valence electrons. The number of benzene rings is 1. The van der Waals surface area contributed by atoms with Crippen molar-refractivity contribution in [1.82, 2.24) is 15.3 Å². The largest absolute Gasteiger partial charge is 0.322 e. The topological polar surface area (TPSA) is 66.9 Å².